The standard InChI is InChI=1S/C27H34N2O3/c30-24-13-11-22-16-25-26(7-4-14-29(25)17-19-8-9-19)32-18-23(12-10-21(22)15-24)28-27(31)20-5-2-1-3-6-20/h1-3,5-6,11,13,15,19,23,25-26,30H,4,7-10,12,14,16-18H2,(H,28,31)/t23?,25-,26?/m1/s1. The molecular weight excluding hydrogens is 400 g/mol. The molecule has 2 unspecified atom stereocenters. The Bertz CT molecular complexity index is 928. The van der Waals surface area contributed by atoms with E-state index in [-0.39, 0.29) is 18.1 Å². The van der Waals surface area contributed by atoms with Crippen molar-refractivity contribution in [1.29, 1.82) is 0 Å². The Hall–Kier alpha value is -2.37. The monoisotopic (exact) mass is 434 g/mol. The topological polar surface area (TPSA) is 61.8 Å². The molecule has 5 rings (SSSR count). The lowest BCUT2D eigenvalue weighted by atomic mass is 9.88. The van der Waals surface area contributed by atoms with E-state index >= 15 is 0 Å². The number of carbonyl (C=O) groups excluding carboxylic acids is 1. The van der Waals surface area contributed by atoms with Crippen LogP contribution in [0.25, 0.3) is 0 Å². The summed E-state index contributed by atoms with van der Waals surface area (Å²) in [5.41, 5.74) is 3.18. The van der Waals surface area contributed by atoms with Gasteiger partial charge in [-0.2, -0.15) is 0 Å². The molecule has 2 aliphatic heterocycles. The number of rotatable bonds is 4. The van der Waals surface area contributed by atoms with Gasteiger partial charge in [-0.15, -0.1) is 0 Å². The third-order valence-corrected chi connectivity index (χ3v) is 7.29. The highest BCUT2D eigenvalue weighted by Gasteiger charge is 2.36. The molecule has 0 bridgehead atoms. The SMILES string of the molecule is O=C(NC1CCc2cc(O)ccc2C[C@@H]2C(CCCN2CC2CC2)OC1)c1ccccc1. The lowest BCUT2D eigenvalue weighted by Gasteiger charge is -2.42. The van der Waals surface area contributed by atoms with Crippen LogP contribution in [0.5, 0.6) is 5.75 Å². The number of hydrogen-bond acceptors (Lipinski definition) is 4. The molecule has 3 atom stereocenters. The first kappa shape index (κ1) is 21.5. The summed E-state index contributed by atoms with van der Waals surface area (Å²) in [5, 5.41) is 13.3. The molecule has 5 nitrogen and oxygen atoms in total. The van der Waals surface area contributed by atoms with Crippen LogP contribution in [0.4, 0.5) is 0 Å². The minimum Gasteiger partial charge on any atom is -0.508 e. The highest BCUT2D eigenvalue weighted by atomic mass is 16.5. The summed E-state index contributed by atoms with van der Waals surface area (Å²) in [6.45, 7) is 2.85. The third-order valence-electron chi connectivity index (χ3n) is 7.29. The van der Waals surface area contributed by atoms with Crippen molar-refractivity contribution in [1.82, 2.24) is 10.2 Å². The highest BCUT2D eigenvalue weighted by Crippen LogP contribution is 2.34. The molecule has 1 aliphatic carbocycles. The van der Waals surface area contributed by atoms with Crippen molar-refractivity contribution in [3.05, 3.63) is 65.2 Å². The second kappa shape index (κ2) is 9.63. The number of fused-ring (bicyclic) bond motifs is 2. The molecule has 0 spiro atoms. The molecule has 1 saturated heterocycles. The van der Waals surface area contributed by atoms with Crippen molar-refractivity contribution in [2.75, 3.05) is 19.7 Å². The number of carbonyl (C=O) groups is 1. The fourth-order valence-corrected chi connectivity index (χ4v) is 5.30. The van der Waals surface area contributed by atoms with Crippen LogP contribution in [0.2, 0.25) is 0 Å². The first-order valence-electron chi connectivity index (χ1n) is 12.2. The van der Waals surface area contributed by atoms with Crippen LogP contribution in [0.3, 0.4) is 0 Å². The third kappa shape index (κ3) is 5.16. The molecule has 32 heavy (non-hydrogen) atoms. The average Bonchev–Trinajstić information content (AvgIpc) is 3.63. The molecule has 2 fully saturated rings. The van der Waals surface area contributed by atoms with E-state index in [1.165, 1.54) is 30.5 Å². The largest absolute Gasteiger partial charge is 0.508 e. The Balaban J connectivity index is 1.38. The molecule has 2 N–H and O–H groups in total. The molecule has 1 saturated carbocycles. The average molecular weight is 435 g/mol. The minimum atomic E-state index is -0.0598. The van der Waals surface area contributed by atoms with Crippen LogP contribution >= 0.6 is 0 Å². The summed E-state index contributed by atoms with van der Waals surface area (Å²) in [5.74, 6) is 1.11. The molecule has 0 aromatic heterocycles. The fourth-order valence-electron chi connectivity index (χ4n) is 5.30. The number of aryl methyl sites for hydroxylation is 1. The van der Waals surface area contributed by atoms with Crippen molar-refractivity contribution in [3.8, 4) is 5.75 Å². The number of hydrogen-bond donors (Lipinski definition) is 2. The van der Waals surface area contributed by atoms with Crippen LogP contribution in [0.1, 0.15) is 53.6 Å². The van der Waals surface area contributed by atoms with Crippen molar-refractivity contribution in [2.45, 2.75) is 63.1 Å². The Kier molecular flexibility index (Phi) is 6.47. The van der Waals surface area contributed by atoms with Gasteiger partial charge in [0.1, 0.15) is 5.75 Å². The van der Waals surface area contributed by atoms with Crippen molar-refractivity contribution in [2.24, 2.45) is 5.92 Å². The summed E-state index contributed by atoms with van der Waals surface area (Å²) in [6, 6.07) is 15.5. The van der Waals surface area contributed by atoms with E-state index < -0.39 is 0 Å². The molecule has 2 aromatic carbocycles. The maximum atomic E-state index is 12.8. The van der Waals surface area contributed by atoms with Gasteiger partial charge in [0.15, 0.2) is 0 Å². The summed E-state index contributed by atoms with van der Waals surface area (Å²) in [6.07, 6.45) is 7.69. The van der Waals surface area contributed by atoms with Gasteiger partial charge in [0, 0.05) is 18.2 Å². The maximum Gasteiger partial charge on any atom is 0.251 e. The zero-order valence-corrected chi connectivity index (χ0v) is 18.7. The van der Waals surface area contributed by atoms with Crippen LogP contribution in [0.15, 0.2) is 48.5 Å². The zero-order valence-electron chi connectivity index (χ0n) is 18.7. The van der Waals surface area contributed by atoms with E-state index in [4.69, 9.17) is 4.74 Å². The molecule has 0 radical (unpaired) electrons. The van der Waals surface area contributed by atoms with Crippen LogP contribution < -0.4 is 5.32 Å². The van der Waals surface area contributed by atoms with Crippen LogP contribution in [-0.4, -0.2) is 53.8 Å². The minimum absolute atomic E-state index is 0.0528. The summed E-state index contributed by atoms with van der Waals surface area (Å²) >= 11 is 0. The number of nitrogens with one attached hydrogen (secondary N) is 1. The number of benzene rings is 2. The summed E-state index contributed by atoms with van der Waals surface area (Å²) < 4.78 is 6.54. The molecule has 170 valence electrons. The predicted octanol–water partition coefficient (Wildman–Crippen LogP) is 3.94. The second-order valence-electron chi connectivity index (χ2n) is 9.75. The summed E-state index contributed by atoms with van der Waals surface area (Å²) in [4.78, 5) is 15.5. The van der Waals surface area contributed by atoms with Gasteiger partial charge in [0.25, 0.3) is 5.91 Å². The number of phenols is 1. The Labute approximate surface area is 190 Å². The number of nitrogens with zero attached hydrogens (tertiary/aromatic N) is 1. The number of aromatic hydroxyl groups is 1. The first-order valence-corrected chi connectivity index (χ1v) is 12.2. The Morgan fingerprint density at radius 1 is 1.06 bits per heavy atom. The number of piperidine rings is 1. The van der Waals surface area contributed by atoms with E-state index in [1.54, 1.807) is 0 Å². The quantitative estimate of drug-likeness (QED) is 0.765. The van der Waals surface area contributed by atoms with Gasteiger partial charge in [-0.1, -0.05) is 24.3 Å². The van der Waals surface area contributed by atoms with Gasteiger partial charge in [0.2, 0.25) is 0 Å². The van der Waals surface area contributed by atoms with Gasteiger partial charge in [-0.3, -0.25) is 9.69 Å². The normalized spacial score (nSPS) is 26.6. The van der Waals surface area contributed by atoms with Gasteiger partial charge >= 0.3 is 0 Å². The second-order valence-corrected chi connectivity index (χ2v) is 9.75. The maximum absolute atomic E-state index is 12.8. The first-order chi connectivity index (χ1) is 15.7. The van der Waals surface area contributed by atoms with Crippen molar-refractivity contribution < 1.29 is 14.6 Å². The van der Waals surface area contributed by atoms with Crippen molar-refractivity contribution >= 4 is 5.91 Å². The highest BCUT2D eigenvalue weighted by molar-refractivity contribution is 5.94. The van der Waals surface area contributed by atoms with Gasteiger partial charge in [-0.25, -0.2) is 0 Å². The van der Waals surface area contributed by atoms with Gasteiger partial charge < -0.3 is 15.2 Å². The molecule has 1 amide bonds. The Morgan fingerprint density at radius 3 is 2.72 bits per heavy atom. The van der Waals surface area contributed by atoms with Gasteiger partial charge in [-0.05, 0) is 92.8 Å². The molecule has 2 heterocycles. The summed E-state index contributed by atoms with van der Waals surface area (Å²) in [7, 11) is 0. The number of amides is 1. The van der Waals surface area contributed by atoms with E-state index in [0.717, 1.165) is 44.6 Å². The number of ether oxygens (including phenoxy) is 1. The molecular formula is C27H34N2O3. The lowest BCUT2D eigenvalue weighted by molar-refractivity contribution is -0.0512. The predicted molar refractivity (Wildman–Crippen MR) is 125 cm³/mol. The van der Waals surface area contributed by atoms with E-state index in [2.05, 4.69) is 16.3 Å². The number of phenolic OH excluding ortho intramolecular Hbond substituents is 1. The Morgan fingerprint density at radius 2 is 1.91 bits per heavy atom. The number of likely N-dealkylation sites (tertiary alicyclic amines) is 1. The molecule has 5 heteroatoms. The lowest BCUT2D eigenvalue weighted by Crippen LogP contribution is -2.52. The van der Waals surface area contributed by atoms with E-state index in [1.807, 2.05) is 42.5 Å². The smallest absolute Gasteiger partial charge is 0.251 e. The molecule has 2 aromatic rings. The van der Waals surface area contributed by atoms with Crippen LogP contribution in [-0.2, 0) is 17.6 Å². The van der Waals surface area contributed by atoms with E-state index in [9.17, 15) is 9.90 Å². The molecule has 3 aliphatic rings. The van der Waals surface area contributed by atoms with Gasteiger partial charge in [0.05, 0.1) is 18.8 Å². The van der Waals surface area contributed by atoms with E-state index in [0.29, 0.717) is 24.0 Å². The van der Waals surface area contributed by atoms with Crippen molar-refractivity contribution in [3.63, 3.8) is 0 Å². The zero-order chi connectivity index (χ0) is 21.9. The fraction of sp³-hybridized carbons (Fsp3) is 0.519. The van der Waals surface area contributed by atoms with Crippen LogP contribution in [0, 0.1) is 5.92 Å².